The number of unbranched alkanes of at least 4 members (excludes halogenated alkanes) is 2. The summed E-state index contributed by atoms with van der Waals surface area (Å²) in [5.74, 6) is 0.605. The van der Waals surface area contributed by atoms with Gasteiger partial charge in [-0.1, -0.05) is 12.8 Å². The number of ether oxygens (including phenoxy) is 1. The van der Waals surface area contributed by atoms with Gasteiger partial charge in [0.25, 0.3) is 0 Å². The summed E-state index contributed by atoms with van der Waals surface area (Å²) in [5.41, 5.74) is 5.92. The molecule has 0 radical (unpaired) electrons. The maximum atomic E-state index is 5.92. The van der Waals surface area contributed by atoms with Crippen molar-refractivity contribution in [1.82, 2.24) is 15.1 Å². The second-order valence-corrected chi connectivity index (χ2v) is 6.96. The summed E-state index contributed by atoms with van der Waals surface area (Å²) in [4.78, 5) is 9.46. The number of nitrogens with zero attached hydrogens (tertiary/aromatic N) is 3. The van der Waals surface area contributed by atoms with Crippen LogP contribution in [0, 0.1) is 0 Å². The number of likely N-dealkylation sites (tertiary alicyclic amines) is 1. The molecule has 2 saturated heterocycles. The van der Waals surface area contributed by atoms with E-state index in [1.807, 2.05) is 0 Å². The third-order valence-corrected chi connectivity index (χ3v) is 4.92. The summed E-state index contributed by atoms with van der Waals surface area (Å²) in [6.07, 6.45) is 9.02. The summed E-state index contributed by atoms with van der Waals surface area (Å²) < 4.78 is 5.35. The van der Waals surface area contributed by atoms with E-state index in [9.17, 15) is 0 Å². The Bertz CT molecular complexity index is 338. The summed E-state index contributed by atoms with van der Waals surface area (Å²) in [7, 11) is 0. The minimum Gasteiger partial charge on any atom is -0.379 e. The molecule has 2 aliphatic heterocycles. The van der Waals surface area contributed by atoms with Crippen LogP contribution in [0.2, 0.25) is 0 Å². The predicted octanol–water partition coefficient (Wildman–Crippen LogP) is 1.27. The highest BCUT2D eigenvalue weighted by Crippen LogP contribution is 2.09. The summed E-state index contributed by atoms with van der Waals surface area (Å²) in [5, 5.41) is 3.24. The fourth-order valence-electron chi connectivity index (χ4n) is 3.41. The maximum absolute atomic E-state index is 5.92. The molecule has 0 aromatic carbocycles. The lowest BCUT2D eigenvalue weighted by Crippen LogP contribution is -2.37. The number of nitrogens with two attached hydrogens (primary N) is 1. The molecule has 140 valence electrons. The van der Waals surface area contributed by atoms with Crippen LogP contribution in [0.3, 0.4) is 0 Å². The van der Waals surface area contributed by atoms with Crippen molar-refractivity contribution in [3.8, 4) is 0 Å². The van der Waals surface area contributed by atoms with Gasteiger partial charge in [0.2, 0.25) is 0 Å². The van der Waals surface area contributed by atoms with Crippen LogP contribution in [-0.4, -0.2) is 81.3 Å². The number of guanidine groups is 1. The zero-order valence-corrected chi connectivity index (χ0v) is 15.3. The molecule has 0 unspecified atom stereocenters. The van der Waals surface area contributed by atoms with Gasteiger partial charge in [-0.05, 0) is 51.7 Å². The molecule has 3 N–H and O–H groups in total. The van der Waals surface area contributed by atoms with Crippen LogP contribution in [0.15, 0.2) is 4.99 Å². The predicted molar refractivity (Wildman–Crippen MR) is 101 cm³/mol. The average molecular weight is 340 g/mol. The van der Waals surface area contributed by atoms with E-state index in [0.717, 1.165) is 52.4 Å². The van der Waals surface area contributed by atoms with Crippen LogP contribution in [0.5, 0.6) is 0 Å². The zero-order valence-electron chi connectivity index (χ0n) is 15.3. The number of hydrogen-bond acceptors (Lipinski definition) is 4. The van der Waals surface area contributed by atoms with Gasteiger partial charge in [0.1, 0.15) is 0 Å². The van der Waals surface area contributed by atoms with Crippen molar-refractivity contribution in [2.45, 2.75) is 44.9 Å². The van der Waals surface area contributed by atoms with Gasteiger partial charge in [0.05, 0.1) is 13.2 Å². The first-order chi connectivity index (χ1) is 11.8. The van der Waals surface area contributed by atoms with Gasteiger partial charge in [-0.15, -0.1) is 0 Å². The SMILES string of the molecule is NC(=NCCCN1CCOCC1)NCCCCCN1CCCCC1. The molecular weight excluding hydrogens is 302 g/mol. The molecule has 2 aliphatic rings. The lowest BCUT2D eigenvalue weighted by Gasteiger charge is -2.26. The highest BCUT2D eigenvalue weighted by molar-refractivity contribution is 5.77. The van der Waals surface area contributed by atoms with Gasteiger partial charge < -0.3 is 20.7 Å². The molecule has 0 bridgehead atoms. The Kier molecular flexibility index (Phi) is 10.1. The normalized spacial score (nSPS) is 21.1. The van der Waals surface area contributed by atoms with Crippen LogP contribution >= 0.6 is 0 Å². The minimum absolute atomic E-state index is 0.605. The van der Waals surface area contributed by atoms with Crippen LogP contribution in [0.25, 0.3) is 0 Å². The van der Waals surface area contributed by atoms with Crippen molar-refractivity contribution < 1.29 is 4.74 Å². The van der Waals surface area contributed by atoms with Crippen molar-refractivity contribution in [3.63, 3.8) is 0 Å². The van der Waals surface area contributed by atoms with E-state index in [1.165, 1.54) is 58.2 Å². The molecule has 2 fully saturated rings. The molecule has 2 heterocycles. The number of piperidine rings is 1. The molecule has 24 heavy (non-hydrogen) atoms. The van der Waals surface area contributed by atoms with E-state index in [1.54, 1.807) is 0 Å². The molecule has 0 aromatic rings. The Labute approximate surface area is 147 Å². The van der Waals surface area contributed by atoms with Crippen molar-refractivity contribution in [1.29, 1.82) is 0 Å². The molecule has 0 aliphatic carbocycles. The van der Waals surface area contributed by atoms with Gasteiger partial charge in [0, 0.05) is 32.7 Å². The Hall–Kier alpha value is -0.850. The van der Waals surface area contributed by atoms with Gasteiger partial charge in [-0.25, -0.2) is 0 Å². The van der Waals surface area contributed by atoms with Gasteiger partial charge in [-0.2, -0.15) is 0 Å². The van der Waals surface area contributed by atoms with Gasteiger partial charge in [-0.3, -0.25) is 9.89 Å². The van der Waals surface area contributed by atoms with Crippen molar-refractivity contribution in [2.75, 3.05) is 65.6 Å². The van der Waals surface area contributed by atoms with E-state index in [2.05, 4.69) is 20.1 Å². The Morgan fingerprint density at radius 3 is 2.38 bits per heavy atom. The zero-order chi connectivity index (χ0) is 16.9. The first kappa shape index (κ1) is 19.5. The molecule has 0 atom stereocenters. The van der Waals surface area contributed by atoms with Crippen molar-refractivity contribution >= 4 is 5.96 Å². The third-order valence-electron chi connectivity index (χ3n) is 4.92. The average Bonchev–Trinajstić information content (AvgIpc) is 2.63. The van der Waals surface area contributed by atoms with Crippen LogP contribution in [0.4, 0.5) is 0 Å². The molecular formula is C18H37N5O. The van der Waals surface area contributed by atoms with Crippen LogP contribution < -0.4 is 11.1 Å². The Balaban J connectivity index is 1.39. The smallest absolute Gasteiger partial charge is 0.188 e. The lowest BCUT2D eigenvalue weighted by molar-refractivity contribution is 0.0377. The molecule has 0 amide bonds. The van der Waals surface area contributed by atoms with E-state index in [0.29, 0.717) is 5.96 Å². The Morgan fingerprint density at radius 2 is 1.58 bits per heavy atom. The van der Waals surface area contributed by atoms with E-state index >= 15 is 0 Å². The molecule has 6 nitrogen and oxygen atoms in total. The number of hydrogen-bond donors (Lipinski definition) is 2. The molecule has 2 rings (SSSR count). The van der Waals surface area contributed by atoms with E-state index in [-0.39, 0.29) is 0 Å². The molecule has 6 heteroatoms. The van der Waals surface area contributed by atoms with Crippen molar-refractivity contribution in [2.24, 2.45) is 10.7 Å². The standard InChI is InChI=1S/C18H37N5O/c19-18(21-9-7-13-23-14-16-24-17-15-23)20-8-3-1-4-10-22-11-5-2-6-12-22/h1-17H2,(H3,19,20,21). The fraction of sp³-hybridized carbons (Fsp3) is 0.944. The number of morpholine rings is 1. The monoisotopic (exact) mass is 339 g/mol. The molecule has 0 aromatic heterocycles. The van der Waals surface area contributed by atoms with Crippen LogP contribution in [-0.2, 0) is 4.74 Å². The Morgan fingerprint density at radius 1 is 0.875 bits per heavy atom. The quantitative estimate of drug-likeness (QED) is 0.356. The molecule has 0 spiro atoms. The highest BCUT2D eigenvalue weighted by atomic mass is 16.5. The number of nitrogens with one attached hydrogen (secondary N) is 1. The summed E-state index contributed by atoms with van der Waals surface area (Å²) in [6.45, 7) is 10.6. The first-order valence-electron chi connectivity index (χ1n) is 9.91. The number of rotatable bonds is 10. The second kappa shape index (κ2) is 12.5. The second-order valence-electron chi connectivity index (χ2n) is 6.96. The largest absolute Gasteiger partial charge is 0.379 e. The summed E-state index contributed by atoms with van der Waals surface area (Å²) in [6, 6.07) is 0. The number of aliphatic imine (C=N–C) groups is 1. The van der Waals surface area contributed by atoms with E-state index in [4.69, 9.17) is 10.5 Å². The third kappa shape index (κ3) is 8.85. The van der Waals surface area contributed by atoms with Gasteiger partial charge in [0.15, 0.2) is 5.96 Å². The fourth-order valence-corrected chi connectivity index (χ4v) is 3.41. The van der Waals surface area contributed by atoms with Crippen molar-refractivity contribution in [3.05, 3.63) is 0 Å². The first-order valence-corrected chi connectivity index (χ1v) is 9.91. The molecule has 0 saturated carbocycles. The lowest BCUT2D eigenvalue weighted by atomic mass is 10.1. The highest BCUT2D eigenvalue weighted by Gasteiger charge is 2.09. The summed E-state index contributed by atoms with van der Waals surface area (Å²) >= 11 is 0. The topological polar surface area (TPSA) is 66.1 Å². The van der Waals surface area contributed by atoms with Gasteiger partial charge >= 0.3 is 0 Å². The minimum atomic E-state index is 0.605. The van der Waals surface area contributed by atoms with E-state index < -0.39 is 0 Å². The maximum Gasteiger partial charge on any atom is 0.188 e. The van der Waals surface area contributed by atoms with Crippen LogP contribution in [0.1, 0.15) is 44.9 Å².